The quantitative estimate of drug-likeness (QED) is 0.485. The largest absolute Gasteiger partial charge is 0.337 e. The number of rotatable bonds is 3. The van der Waals surface area contributed by atoms with Crippen LogP contribution in [0.1, 0.15) is 29.4 Å². The fourth-order valence-corrected chi connectivity index (χ4v) is 5.56. The van der Waals surface area contributed by atoms with Gasteiger partial charge < -0.3 is 9.80 Å². The number of nitrogens with zero attached hydrogens (tertiary/aromatic N) is 4. The van der Waals surface area contributed by atoms with Crippen molar-refractivity contribution in [2.75, 3.05) is 19.6 Å². The number of carbonyl (C=O) groups excluding carboxylic acids is 2. The number of alkyl halides is 2. The maximum Gasteiger partial charge on any atom is 0.275 e. The van der Waals surface area contributed by atoms with Gasteiger partial charge in [-0.15, -0.1) is 0 Å². The van der Waals surface area contributed by atoms with Gasteiger partial charge in [0.2, 0.25) is 5.91 Å². The van der Waals surface area contributed by atoms with Crippen LogP contribution in [0.15, 0.2) is 55.3 Å². The van der Waals surface area contributed by atoms with Crippen molar-refractivity contribution in [2.24, 2.45) is 5.41 Å². The molecule has 2 aliphatic rings. The Hall–Kier alpha value is -3.26. The summed E-state index contributed by atoms with van der Waals surface area (Å²) in [6.45, 7) is 6.29. The summed E-state index contributed by atoms with van der Waals surface area (Å²) in [5.74, 6) is -4.09. The summed E-state index contributed by atoms with van der Waals surface area (Å²) in [7, 11) is 0. The average Bonchev–Trinajstić information content (AvgIpc) is 3.16. The fourth-order valence-electron chi connectivity index (χ4n) is 5.33. The third-order valence-corrected chi connectivity index (χ3v) is 7.56. The summed E-state index contributed by atoms with van der Waals surface area (Å²) < 4.78 is 32.6. The zero-order valence-electron chi connectivity index (χ0n) is 19.5. The van der Waals surface area contributed by atoms with Crippen LogP contribution in [-0.4, -0.2) is 62.8 Å². The molecule has 1 atom stereocenters. The van der Waals surface area contributed by atoms with Crippen LogP contribution in [0.3, 0.4) is 0 Å². The second kappa shape index (κ2) is 8.16. The molecule has 2 amide bonds. The summed E-state index contributed by atoms with van der Waals surface area (Å²) in [4.78, 5) is 28.2. The topological polar surface area (TPSA) is 57.9 Å². The molecule has 0 aliphatic carbocycles. The molecule has 2 fully saturated rings. The summed E-state index contributed by atoms with van der Waals surface area (Å²) in [6, 6.07) is 10.4. The predicted octanol–water partition coefficient (Wildman–Crippen LogP) is 4.85. The molecule has 5 rings (SSSR count). The third kappa shape index (κ3) is 3.62. The summed E-state index contributed by atoms with van der Waals surface area (Å²) in [5.41, 5.74) is 1.51. The smallest absolute Gasteiger partial charge is 0.275 e. The van der Waals surface area contributed by atoms with E-state index in [4.69, 9.17) is 11.6 Å². The van der Waals surface area contributed by atoms with Crippen molar-refractivity contribution in [1.29, 1.82) is 0 Å². The lowest BCUT2D eigenvalue weighted by molar-refractivity contribution is -0.225. The van der Waals surface area contributed by atoms with Crippen LogP contribution < -0.4 is 0 Å². The highest BCUT2D eigenvalue weighted by Gasteiger charge is 2.65. The SMILES string of the molecule is C=CC(=O)N1CC2(C[C@H](C)N(C(=O)c3nn4ccc(C)cc4c3-c3ccccc3Cl)CC2(F)F)C1. The number of aryl methyl sites for hydroxylation is 1. The van der Waals surface area contributed by atoms with Gasteiger partial charge in [0, 0.05) is 41.5 Å². The molecule has 4 heterocycles. The van der Waals surface area contributed by atoms with Crippen molar-refractivity contribution in [1.82, 2.24) is 19.4 Å². The highest BCUT2D eigenvalue weighted by molar-refractivity contribution is 6.33. The van der Waals surface area contributed by atoms with E-state index in [1.54, 1.807) is 35.8 Å². The van der Waals surface area contributed by atoms with Gasteiger partial charge in [0.1, 0.15) is 0 Å². The Morgan fingerprint density at radius 1 is 1.20 bits per heavy atom. The Kier molecular flexibility index (Phi) is 5.47. The molecule has 9 heteroatoms. The number of piperidine rings is 1. The van der Waals surface area contributed by atoms with E-state index in [9.17, 15) is 9.59 Å². The van der Waals surface area contributed by atoms with Crippen molar-refractivity contribution in [3.8, 4) is 11.1 Å². The minimum atomic E-state index is -3.16. The number of aromatic nitrogens is 2. The Labute approximate surface area is 206 Å². The van der Waals surface area contributed by atoms with E-state index in [-0.39, 0.29) is 31.1 Å². The van der Waals surface area contributed by atoms with Crippen LogP contribution >= 0.6 is 11.6 Å². The van der Waals surface area contributed by atoms with Crippen molar-refractivity contribution < 1.29 is 18.4 Å². The predicted molar refractivity (Wildman–Crippen MR) is 130 cm³/mol. The second-order valence-electron chi connectivity index (χ2n) is 9.61. The zero-order chi connectivity index (χ0) is 25.1. The van der Waals surface area contributed by atoms with E-state index in [0.29, 0.717) is 21.7 Å². The number of likely N-dealkylation sites (tertiary alicyclic amines) is 2. The molecule has 0 N–H and O–H groups in total. The van der Waals surface area contributed by atoms with E-state index < -0.39 is 29.8 Å². The van der Waals surface area contributed by atoms with E-state index in [1.807, 2.05) is 25.1 Å². The van der Waals surface area contributed by atoms with Gasteiger partial charge in [0.05, 0.1) is 17.5 Å². The summed E-state index contributed by atoms with van der Waals surface area (Å²) in [6.07, 6.45) is 2.96. The zero-order valence-corrected chi connectivity index (χ0v) is 20.2. The van der Waals surface area contributed by atoms with Crippen molar-refractivity contribution in [2.45, 2.75) is 32.2 Å². The highest BCUT2D eigenvalue weighted by atomic mass is 35.5. The minimum Gasteiger partial charge on any atom is -0.337 e. The molecular formula is C26H25ClF2N4O2. The van der Waals surface area contributed by atoms with Crippen molar-refractivity contribution in [3.63, 3.8) is 0 Å². The van der Waals surface area contributed by atoms with Crippen LogP contribution in [0.2, 0.25) is 5.02 Å². The molecule has 182 valence electrons. The van der Waals surface area contributed by atoms with E-state index >= 15 is 8.78 Å². The number of amides is 2. The number of hydrogen-bond donors (Lipinski definition) is 0. The molecule has 0 bridgehead atoms. The first-order chi connectivity index (χ1) is 16.6. The Morgan fingerprint density at radius 2 is 1.91 bits per heavy atom. The number of fused-ring (bicyclic) bond motifs is 1. The first kappa shape index (κ1) is 23.5. The molecule has 3 aromatic rings. The first-order valence-corrected chi connectivity index (χ1v) is 11.8. The van der Waals surface area contributed by atoms with E-state index in [1.165, 1.54) is 9.80 Å². The fraction of sp³-hybridized carbons (Fsp3) is 0.346. The first-order valence-electron chi connectivity index (χ1n) is 11.4. The molecule has 2 aliphatic heterocycles. The molecule has 1 spiro atoms. The van der Waals surface area contributed by atoms with Crippen LogP contribution in [0, 0.1) is 12.3 Å². The molecule has 35 heavy (non-hydrogen) atoms. The van der Waals surface area contributed by atoms with E-state index in [2.05, 4.69) is 11.7 Å². The Bertz CT molecular complexity index is 1360. The standard InChI is InChI=1S/C26H25ClF2N4O2/c1-4-21(34)31-13-25(14-31)12-17(3)32(15-26(25,28)29)24(35)23-22(18-7-5-6-8-19(18)27)20-11-16(2)9-10-33(20)30-23/h4-11,17H,1,12-15H2,2-3H3/t17-/m0/s1. The maximum absolute atomic E-state index is 15.5. The third-order valence-electron chi connectivity index (χ3n) is 7.23. The van der Waals surface area contributed by atoms with Crippen LogP contribution in [0.25, 0.3) is 16.6 Å². The van der Waals surface area contributed by atoms with Gasteiger partial charge in [-0.1, -0.05) is 36.4 Å². The molecule has 2 aromatic heterocycles. The Morgan fingerprint density at radius 3 is 2.60 bits per heavy atom. The maximum atomic E-state index is 15.5. The van der Waals surface area contributed by atoms with Gasteiger partial charge >= 0.3 is 0 Å². The normalized spacial score (nSPS) is 20.7. The van der Waals surface area contributed by atoms with Gasteiger partial charge in [-0.05, 0) is 50.1 Å². The molecule has 1 aromatic carbocycles. The number of hydrogen-bond acceptors (Lipinski definition) is 3. The molecular weight excluding hydrogens is 474 g/mol. The minimum absolute atomic E-state index is 0.0459. The highest BCUT2D eigenvalue weighted by Crippen LogP contribution is 2.52. The Balaban J connectivity index is 1.53. The van der Waals surface area contributed by atoms with Gasteiger partial charge in [-0.3, -0.25) is 9.59 Å². The van der Waals surface area contributed by atoms with Crippen LogP contribution in [0.5, 0.6) is 0 Å². The molecule has 0 unspecified atom stereocenters. The number of halogens is 3. The number of benzene rings is 1. The van der Waals surface area contributed by atoms with E-state index in [0.717, 1.165) is 11.6 Å². The van der Waals surface area contributed by atoms with Crippen molar-refractivity contribution in [3.05, 3.63) is 71.5 Å². The second-order valence-corrected chi connectivity index (χ2v) is 10.0. The lowest BCUT2D eigenvalue weighted by Gasteiger charge is -2.58. The van der Waals surface area contributed by atoms with Crippen LogP contribution in [-0.2, 0) is 4.79 Å². The van der Waals surface area contributed by atoms with Gasteiger partial charge in [0.15, 0.2) is 5.69 Å². The van der Waals surface area contributed by atoms with Crippen molar-refractivity contribution >= 4 is 28.9 Å². The summed E-state index contributed by atoms with van der Waals surface area (Å²) in [5, 5.41) is 4.94. The number of pyridine rings is 1. The number of carbonyl (C=O) groups is 2. The van der Waals surface area contributed by atoms with Gasteiger partial charge in [-0.25, -0.2) is 13.3 Å². The lowest BCUT2D eigenvalue weighted by atomic mass is 9.67. The molecule has 0 saturated carbocycles. The van der Waals surface area contributed by atoms with Crippen LogP contribution in [0.4, 0.5) is 8.78 Å². The molecule has 6 nitrogen and oxygen atoms in total. The van der Waals surface area contributed by atoms with Gasteiger partial charge in [0.25, 0.3) is 11.8 Å². The lowest BCUT2D eigenvalue weighted by Crippen LogP contribution is -2.72. The summed E-state index contributed by atoms with van der Waals surface area (Å²) >= 11 is 6.49. The molecule has 0 radical (unpaired) electrons. The molecule has 2 saturated heterocycles. The van der Waals surface area contributed by atoms with Gasteiger partial charge in [-0.2, -0.15) is 5.10 Å². The average molecular weight is 499 g/mol. The monoisotopic (exact) mass is 498 g/mol.